The van der Waals surface area contributed by atoms with Gasteiger partial charge >= 0.3 is 0 Å². The summed E-state index contributed by atoms with van der Waals surface area (Å²) in [6.45, 7) is 1.91. The number of rotatable bonds is 8. The van der Waals surface area contributed by atoms with Crippen LogP contribution in [0.15, 0.2) is 109 Å². The molecule has 0 aliphatic carbocycles. The molecule has 31 heavy (non-hydrogen) atoms. The lowest BCUT2D eigenvalue weighted by atomic mass is 10.1. The highest BCUT2D eigenvalue weighted by molar-refractivity contribution is 5.62. The molecule has 0 unspecified atom stereocenters. The van der Waals surface area contributed by atoms with Gasteiger partial charge in [-0.15, -0.1) is 0 Å². The molecule has 0 aliphatic heterocycles. The molecule has 0 atom stereocenters. The third-order valence-corrected chi connectivity index (χ3v) is 5.11. The fourth-order valence-corrected chi connectivity index (χ4v) is 3.55. The average molecular weight is 405 g/mol. The lowest BCUT2D eigenvalue weighted by Crippen LogP contribution is -2.23. The van der Waals surface area contributed by atoms with Crippen LogP contribution in [0.25, 0.3) is 0 Å². The van der Waals surface area contributed by atoms with Crippen molar-refractivity contribution in [2.24, 2.45) is 0 Å². The Morgan fingerprint density at radius 3 is 1.68 bits per heavy atom. The summed E-state index contributed by atoms with van der Waals surface area (Å²) in [6.07, 6.45) is 0. The average Bonchev–Trinajstić information content (AvgIpc) is 2.84. The number of anilines is 1. The summed E-state index contributed by atoms with van der Waals surface area (Å²) in [4.78, 5) is 2.24. The summed E-state index contributed by atoms with van der Waals surface area (Å²) in [5.74, 6) is 0.698. The molecule has 3 nitrogen and oxygen atoms in total. The van der Waals surface area contributed by atoms with Gasteiger partial charge in [0.25, 0.3) is 0 Å². The highest BCUT2D eigenvalue weighted by Crippen LogP contribution is 2.28. The summed E-state index contributed by atoms with van der Waals surface area (Å²) >= 11 is 0. The van der Waals surface area contributed by atoms with Gasteiger partial charge in [0.05, 0.1) is 11.3 Å². The van der Waals surface area contributed by atoms with Gasteiger partial charge in [0.1, 0.15) is 18.4 Å². The van der Waals surface area contributed by atoms with Crippen molar-refractivity contribution < 1.29 is 4.74 Å². The number of hydrogen-bond acceptors (Lipinski definition) is 3. The fraction of sp³-hybridized carbons (Fsp3) is 0.107. The van der Waals surface area contributed by atoms with Crippen molar-refractivity contribution in [3.05, 3.63) is 131 Å². The van der Waals surface area contributed by atoms with Crippen molar-refractivity contribution in [2.75, 3.05) is 4.90 Å². The van der Waals surface area contributed by atoms with Gasteiger partial charge in [0.2, 0.25) is 0 Å². The second kappa shape index (κ2) is 10.1. The minimum absolute atomic E-state index is 0.475. The van der Waals surface area contributed by atoms with E-state index in [1.165, 1.54) is 11.1 Å². The summed E-state index contributed by atoms with van der Waals surface area (Å²) in [7, 11) is 0. The molecule has 4 rings (SSSR count). The Morgan fingerprint density at radius 1 is 0.645 bits per heavy atom. The minimum atomic E-state index is 0.475. The molecule has 0 aliphatic rings. The van der Waals surface area contributed by atoms with Gasteiger partial charge in [-0.25, -0.2) is 0 Å². The van der Waals surface area contributed by atoms with Gasteiger partial charge in [-0.3, -0.25) is 0 Å². The van der Waals surface area contributed by atoms with Gasteiger partial charge < -0.3 is 9.64 Å². The zero-order chi connectivity index (χ0) is 21.3. The van der Waals surface area contributed by atoms with Crippen molar-refractivity contribution in [1.29, 1.82) is 5.26 Å². The second-order valence-electron chi connectivity index (χ2n) is 7.39. The summed E-state index contributed by atoms with van der Waals surface area (Å²) < 4.78 is 5.94. The summed E-state index contributed by atoms with van der Waals surface area (Å²) in [6, 6.07) is 38.8. The Kier molecular flexibility index (Phi) is 6.62. The van der Waals surface area contributed by atoms with Gasteiger partial charge in [0.15, 0.2) is 0 Å². The van der Waals surface area contributed by atoms with Crippen LogP contribution in [-0.4, -0.2) is 0 Å². The van der Waals surface area contributed by atoms with E-state index >= 15 is 0 Å². The SMILES string of the molecule is N#Cc1cc(OCc2ccccc2)ccc1N(Cc1ccccc1)Cc1ccccc1. The Bertz CT molecular complexity index is 1090. The van der Waals surface area contributed by atoms with Crippen molar-refractivity contribution in [1.82, 2.24) is 0 Å². The highest BCUT2D eigenvalue weighted by atomic mass is 16.5. The normalized spacial score (nSPS) is 10.3. The van der Waals surface area contributed by atoms with Crippen LogP contribution in [0.2, 0.25) is 0 Å². The molecule has 0 aromatic heterocycles. The first-order valence-electron chi connectivity index (χ1n) is 10.4. The zero-order valence-electron chi connectivity index (χ0n) is 17.3. The van der Waals surface area contributed by atoms with E-state index in [1.54, 1.807) is 0 Å². The van der Waals surface area contributed by atoms with E-state index in [1.807, 2.05) is 84.9 Å². The molecule has 4 aromatic rings. The Hall–Kier alpha value is -4.03. The molecule has 3 heteroatoms. The highest BCUT2D eigenvalue weighted by Gasteiger charge is 2.14. The molecule has 0 heterocycles. The maximum atomic E-state index is 9.88. The molecule has 0 radical (unpaired) electrons. The topological polar surface area (TPSA) is 36.3 Å². The standard InChI is InChI=1S/C28H24N2O/c29-19-26-18-27(31-22-25-14-8-3-9-15-25)16-17-28(26)30(20-23-10-4-1-5-11-23)21-24-12-6-2-7-13-24/h1-18H,20-22H2. The largest absolute Gasteiger partial charge is 0.489 e. The van der Waals surface area contributed by atoms with E-state index < -0.39 is 0 Å². The maximum Gasteiger partial charge on any atom is 0.121 e. The summed E-state index contributed by atoms with van der Waals surface area (Å²) in [5, 5.41) is 9.88. The van der Waals surface area contributed by atoms with E-state index in [0.717, 1.165) is 11.3 Å². The fourth-order valence-electron chi connectivity index (χ4n) is 3.55. The lowest BCUT2D eigenvalue weighted by Gasteiger charge is -2.26. The van der Waals surface area contributed by atoms with Crippen LogP contribution in [0, 0.1) is 11.3 Å². The van der Waals surface area contributed by atoms with Crippen molar-refractivity contribution >= 4 is 5.69 Å². The van der Waals surface area contributed by atoms with Crippen LogP contribution < -0.4 is 9.64 Å². The number of benzene rings is 4. The number of hydrogen-bond donors (Lipinski definition) is 0. The van der Waals surface area contributed by atoms with Crippen molar-refractivity contribution in [3.8, 4) is 11.8 Å². The molecular weight excluding hydrogens is 380 g/mol. The van der Waals surface area contributed by atoms with E-state index in [9.17, 15) is 5.26 Å². The van der Waals surface area contributed by atoms with E-state index in [-0.39, 0.29) is 0 Å². The van der Waals surface area contributed by atoms with Crippen molar-refractivity contribution in [3.63, 3.8) is 0 Å². The maximum absolute atomic E-state index is 9.88. The van der Waals surface area contributed by atoms with Crippen LogP contribution in [0.3, 0.4) is 0 Å². The molecule has 0 fully saturated rings. The quantitative estimate of drug-likeness (QED) is 0.344. The van der Waals surface area contributed by atoms with Gasteiger partial charge in [0, 0.05) is 19.2 Å². The lowest BCUT2D eigenvalue weighted by molar-refractivity contribution is 0.306. The van der Waals surface area contributed by atoms with Crippen LogP contribution >= 0.6 is 0 Å². The molecule has 0 saturated heterocycles. The third-order valence-electron chi connectivity index (χ3n) is 5.11. The van der Waals surface area contributed by atoms with Crippen LogP contribution in [0.4, 0.5) is 5.69 Å². The zero-order valence-corrected chi connectivity index (χ0v) is 17.3. The molecule has 0 bridgehead atoms. The molecule has 152 valence electrons. The minimum Gasteiger partial charge on any atom is -0.489 e. The first kappa shape index (κ1) is 20.3. The number of ether oxygens (including phenoxy) is 1. The Labute approximate surface area is 183 Å². The molecule has 0 N–H and O–H groups in total. The van der Waals surface area contributed by atoms with Crippen LogP contribution in [-0.2, 0) is 19.7 Å². The molecule has 4 aromatic carbocycles. The van der Waals surface area contributed by atoms with E-state index in [4.69, 9.17) is 4.74 Å². The van der Waals surface area contributed by atoms with E-state index in [0.29, 0.717) is 31.0 Å². The van der Waals surface area contributed by atoms with Gasteiger partial charge in [-0.1, -0.05) is 91.0 Å². The molecule has 0 spiro atoms. The van der Waals surface area contributed by atoms with Gasteiger partial charge in [-0.05, 0) is 28.8 Å². The van der Waals surface area contributed by atoms with Crippen molar-refractivity contribution in [2.45, 2.75) is 19.7 Å². The van der Waals surface area contributed by atoms with Crippen LogP contribution in [0.1, 0.15) is 22.3 Å². The number of nitriles is 1. The van der Waals surface area contributed by atoms with E-state index in [2.05, 4.69) is 35.2 Å². The predicted molar refractivity (Wildman–Crippen MR) is 125 cm³/mol. The summed E-state index contributed by atoms with van der Waals surface area (Å²) in [5.41, 5.74) is 5.01. The Balaban J connectivity index is 1.59. The molecule has 0 saturated carbocycles. The smallest absolute Gasteiger partial charge is 0.121 e. The van der Waals surface area contributed by atoms with Crippen LogP contribution in [0.5, 0.6) is 5.75 Å². The first-order valence-corrected chi connectivity index (χ1v) is 10.4. The number of nitrogens with zero attached hydrogens (tertiary/aromatic N) is 2. The molecular formula is C28H24N2O. The second-order valence-corrected chi connectivity index (χ2v) is 7.39. The van der Waals surface area contributed by atoms with Gasteiger partial charge in [-0.2, -0.15) is 5.26 Å². The predicted octanol–water partition coefficient (Wildman–Crippen LogP) is 6.34. The third kappa shape index (κ3) is 5.52. The first-order chi connectivity index (χ1) is 15.3. The molecule has 0 amide bonds. The monoisotopic (exact) mass is 404 g/mol. The Morgan fingerprint density at radius 2 is 1.16 bits per heavy atom.